The van der Waals surface area contributed by atoms with E-state index in [0.29, 0.717) is 5.92 Å². The molecule has 1 aliphatic heterocycles. The molecule has 2 N–H and O–H groups in total. The van der Waals surface area contributed by atoms with E-state index in [-0.39, 0.29) is 12.6 Å². The van der Waals surface area contributed by atoms with E-state index in [1.807, 2.05) is 12.1 Å². The zero-order valence-corrected chi connectivity index (χ0v) is 11.0. The first-order valence-electron chi connectivity index (χ1n) is 6.34. The Hall–Kier alpha value is -1.26. The van der Waals surface area contributed by atoms with E-state index in [9.17, 15) is 5.11 Å². The van der Waals surface area contributed by atoms with E-state index in [1.165, 1.54) is 5.56 Å². The molecule has 0 radical (unpaired) electrons. The molecule has 1 aromatic carbocycles. The molecule has 0 saturated carbocycles. The Morgan fingerprint density at radius 1 is 1.28 bits per heavy atom. The van der Waals surface area contributed by atoms with Crippen molar-refractivity contribution >= 4 is 0 Å². The van der Waals surface area contributed by atoms with Crippen LogP contribution in [-0.2, 0) is 0 Å². The third kappa shape index (κ3) is 2.76. The Morgan fingerprint density at radius 2 is 2.06 bits per heavy atom. The van der Waals surface area contributed by atoms with Crippen LogP contribution in [0.4, 0.5) is 0 Å². The van der Waals surface area contributed by atoms with Gasteiger partial charge in [-0.3, -0.25) is 0 Å². The van der Waals surface area contributed by atoms with Crippen LogP contribution >= 0.6 is 0 Å². The lowest BCUT2D eigenvalue weighted by Gasteiger charge is -2.29. The summed E-state index contributed by atoms with van der Waals surface area (Å²) in [7, 11) is 3.30. The number of rotatable bonds is 4. The van der Waals surface area contributed by atoms with Crippen molar-refractivity contribution < 1.29 is 14.6 Å². The van der Waals surface area contributed by atoms with Gasteiger partial charge in [-0.2, -0.15) is 0 Å². The van der Waals surface area contributed by atoms with Crippen molar-refractivity contribution in [1.29, 1.82) is 0 Å². The maximum Gasteiger partial charge on any atom is 0.160 e. The van der Waals surface area contributed by atoms with Crippen molar-refractivity contribution in [3.05, 3.63) is 23.8 Å². The molecule has 4 nitrogen and oxygen atoms in total. The summed E-state index contributed by atoms with van der Waals surface area (Å²) in [5, 5.41) is 12.5. The second-order valence-corrected chi connectivity index (χ2v) is 4.67. The fourth-order valence-corrected chi connectivity index (χ4v) is 2.55. The molecule has 1 aliphatic rings. The minimum absolute atomic E-state index is 0.198. The molecule has 1 aromatic rings. The van der Waals surface area contributed by atoms with E-state index >= 15 is 0 Å². The largest absolute Gasteiger partial charge is 0.493 e. The highest BCUT2D eigenvalue weighted by Crippen LogP contribution is 2.34. The number of hydrogen-bond acceptors (Lipinski definition) is 4. The summed E-state index contributed by atoms with van der Waals surface area (Å²) >= 11 is 0. The van der Waals surface area contributed by atoms with Crippen molar-refractivity contribution in [3.8, 4) is 11.5 Å². The van der Waals surface area contributed by atoms with Crippen LogP contribution in [0.1, 0.15) is 24.3 Å². The van der Waals surface area contributed by atoms with E-state index in [4.69, 9.17) is 9.47 Å². The Kier molecular flexibility index (Phi) is 4.44. The molecule has 0 spiro atoms. The zero-order valence-electron chi connectivity index (χ0n) is 11.0. The summed E-state index contributed by atoms with van der Waals surface area (Å²) in [5.74, 6) is 2.01. The third-order valence-electron chi connectivity index (χ3n) is 3.59. The first-order chi connectivity index (χ1) is 8.78. The van der Waals surface area contributed by atoms with Gasteiger partial charge in [-0.1, -0.05) is 6.07 Å². The van der Waals surface area contributed by atoms with Gasteiger partial charge in [0.15, 0.2) is 11.5 Å². The van der Waals surface area contributed by atoms with Gasteiger partial charge in [0.2, 0.25) is 0 Å². The third-order valence-corrected chi connectivity index (χ3v) is 3.59. The predicted octanol–water partition coefficient (Wildman–Crippen LogP) is 1.53. The average molecular weight is 251 g/mol. The standard InChI is InChI=1S/C14H21NO3/c1-17-13-4-3-10(8-14(13)18-2)11-5-6-15-12(7-11)9-16/h3-4,8,11-12,15-16H,5-7,9H2,1-2H3. The van der Waals surface area contributed by atoms with Crippen LogP contribution in [-0.4, -0.2) is 38.5 Å². The zero-order chi connectivity index (χ0) is 13.0. The lowest BCUT2D eigenvalue weighted by Crippen LogP contribution is -2.39. The number of ether oxygens (including phenoxy) is 2. The molecule has 2 unspecified atom stereocenters. The molecule has 18 heavy (non-hydrogen) atoms. The minimum atomic E-state index is 0.198. The van der Waals surface area contributed by atoms with Crippen molar-refractivity contribution in [1.82, 2.24) is 5.32 Å². The molecule has 1 fully saturated rings. The quantitative estimate of drug-likeness (QED) is 0.852. The van der Waals surface area contributed by atoms with E-state index in [2.05, 4.69) is 11.4 Å². The van der Waals surface area contributed by atoms with Crippen molar-refractivity contribution in [2.24, 2.45) is 0 Å². The highest BCUT2D eigenvalue weighted by molar-refractivity contribution is 5.44. The van der Waals surface area contributed by atoms with Gasteiger partial charge in [0.05, 0.1) is 20.8 Å². The molecule has 1 heterocycles. The molecule has 0 amide bonds. The average Bonchev–Trinajstić information content (AvgIpc) is 2.46. The molecule has 0 bridgehead atoms. The van der Waals surface area contributed by atoms with Crippen LogP contribution < -0.4 is 14.8 Å². The number of nitrogens with one attached hydrogen (secondary N) is 1. The van der Waals surface area contributed by atoms with Crippen LogP contribution in [0.15, 0.2) is 18.2 Å². The maximum absolute atomic E-state index is 9.23. The molecule has 0 aromatic heterocycles. The van der Waals surface area contributed by atoms with Crippen LogP contribution in [0.3, 0.4) is 0 Å². The molecule has 2 atom stereocenters. The number of methoxy groups -OCH3 is 2. The Balaban J connectivity index is 2.17. The van der Waals surface area contributed by atoms with Crippen LogP contribution in [0, 0.1) is 0 Å². The second kappa shape index (κ2) is 6.07. The van der Waals surface area contributed by atoms with Crippen LogP contribution in [0.25, 0.3) is 0 Å². The van der Waals surface area contributed by atoms with E-state index < -0.39 is 0 Å². The van der Waals surface area contributed by atoms with Crippen LogP contribution in [0.2, 0.25) is 0 Å². The van der Waals surface area contributed by atoms with Gasteiger partial charge in [0.25, 0.3) is 0 Å². The van der Waals surface area contributed by atoms with Gasteiger partial charge in [0.1, 0.15) is 0 Å². The molecular weight excluding hydrogens is 230 g/mol. The summed E-state index contributed by atoms with van der Waals surface area (Å²) in [5.41, 5.74) is 1.26. The van der Waals surface area contributed by atoms with Gasteiger partial charge in [-0.25, -0.2) is 0 Å². The van der Waals surface area contributed by atoms with Gasteiger partial charge in [-0.15, -0.1) is 0 Å². The molecule has 0 aliphatic carbocycles. The van der Waals surface area contributed by atoms with Gasteiger partial charge >= 0.3 is 0 Å². The maximum atomic E-state index is 9.23. The highest BCUT2D eigenvalue weighted by atomic mass is 16.5. The molecule has 4 heteroatoms. The van der Waals surface area contributed by atoms with E-state index in [0.717, 1.165) is 30.9 Å². The number of hydrogen-bond donors (Lipinski definition) is 2. The van der Waals surface area contributed by atoms with Gasteiger partial charge < -0.3 is 19.9 Å². The molecule has 1 saturated heterocycles. The first kappa shape index (κ1) is 13.2. The predicted molar refractivity (Wildman–Crippen MR) is 70.4 cm³/mol. The number of piperidine rings is 1. The fraction of sp³-hybridized carbons (Fsp3) is 0.571. The Morgan fingerprint density at radius 3 is 2.72 bits per heavy atom. The number of aliphatic hydroxyl groups excluding tert-OH is 1. The lowest BCUT2D eigenvalue weighted by molar-refractivity contribution is 0.210. The fourth-order valence-electron chi connectivity index (χ4n) is 2.55. The highest BCUT2D eigenvalue weighted by Gasteiger charge is 2.23. The number of aliphatic hydroxyl groups is 1. The topological polar surface area (TPSA) is 50.7 Å². The minimum Gasteiger partial charge on any atom is -0.493 e. The van der Waals surface area contributed by atoms with Gasteiger partial charge in [-0.05, 0) is 43.0 Å². The Bertz CT molecular complexity index is 395. The SMILES string of the molecule is COc1ccc(C2CCNC(CO)C2)cc1OC. The van der Waals surface area contributed by atoms with Crippen LogP contribution in [0.5, 0.6) is 11.5 Å². The summed E-state index contributed by atoms with van der Waals surface area (Å²) in [4.78, 5) is 0. The first-order valence-corrected chi connectivity index (χ1v) is 6.34. The van der Waals surface area contributed by atoms with Crippen molar-refractivity contribution in [3.63, 3.8) is 0 Å². The Labute approximate surface area is 108 Å². The monoisotopic (exact) mass is 251 g/mol. The summed E-state index contributed by atoms with van der Waals surface area (Å²) in [6.07, 6.45) is 2.05. The summed E-state index contributed by atoms with van der Waals surface area (Å²) in [6.45, 7) is 1.15. The van der Waals surface area contributed by atoms with Crippen molar-refractivity contribution in [2.75, 3.05) is 27.4 Å². The second-order valence-electron chi connectivity index (χ2n) is 4.67. The molecular formula is C14H21NO3. The van der Waals surface area contributed by atoms with E-state index in [1.54, 1.807) is 14.2 Å². The smallest absolute Gasteiger partial charge is 0.160 e. The lowest BCUT2D eigenvalue weighted by atomic mass is 9.86. The molecule has 100 valence electrons. The number of benzene rings is 1. The normalized spacial score (nSPS) is 23.7. The van der Waals surface area contributed by atoms with Gasteiger partial charge in [0, 0.05) is 6.04 Å². The summed E-state index contributed by atoms with van der Waals surface area (Å²) < 4.78 is 10.6. The molecule has 2 rings (SSSR count). The van der Waals surface area contributed by atoms with Crippen molar-refractivity contribution in [2.45, 2.75) is 24.8 Å². The summed E-state index contributed by atoms with van der Waals surface area (Å²) in [6, 6.07) is 6.29.